The fraction of sp³-hybridized carbons (Fsp3) is 0.125. The molecule has 0 unspecified atom stereocenters. The highest BCUT2D eigenvalue weighted by Crippen LogP contribution is 2.27. The summed E-state index contributed by atoms with van der Waals surface area (Å²) in [4.78, 5) is 3.52. The third kappa shape index (κ3) is 1.64. The summed E-state index contributed by atoms with van der Waals surface area (Å²) in [5.41, 5.74) is 3.86. The number of rotatable bonds is 3. The van der Waals surface area contributed by atoms with Crippen LogP contribution in [0.2, 0.25) is 0 Å². The normalized spacial score (nSPS) is 11.1. The Labute approximate surface area is 101 Å². The van der Waals surface area contributed by atoms with Gasteiger partial charge in [-0.3, -0.25) is 0 Å². The molecule has 0 aliphatic rings. The van der Waals surface area contributed by atoms with Gasteiger partial charge in [-0.15, -0.1) is 6.58 Å². The van der Waals surface area contributed by atoms with E-state index in [0.717, 1.165) is 12.8 Å². The lowest BCUT2D eigenvalue weighted by atomic mass is 10.1. The van der Waals surface area contributed by atoms with E-state index >= 15 is 0 Å². The second-order valence-corrected chi connectivity index (χ2v) is 4.34. The summed E-state index contributed by atoms with van der Waals surface area (Å²) in [7, 11) is 0. The summed E-state index contributed by atoms with van der Waals surface area (Å²) in [6.07, 6.45) is 4.05. The molecule has 17 heavy (non-hydrogen) atoms. The third-order valence-corrected chi connectivity index (χ3v) is 3.25. The van der Waals surface area contributed by atoms with E-state index in [4.69, 9.17) is 0 Å². The Morgan fingerprint density at radius 2 is 1.82 bits per heavy atom. The number of hydrogen-bond acceptors (Lipinski definition) is 0. The van der Waals surface area contributed by atoms with Gasteiger partial charge >= 0.3 is 0 Å². The summed E-state index contributed by atoms with van der Waals surface area (Å²) in [5, 5.41) is 2.63. The van der Waals surface area contributed by atoms with Crippen LogP contribution in [0.4, 0.5) is 0 Å². The van der Waals surface area contributed by atoms with Crippen LogP contribution in [0.3, 0.4) is 0 Å². The van der Waals surface area contributed by atoms with Crippen LogP contribution in [0.25, 0.3) is 21.8 Å². The SMILES string of the molecule is C=CCCc1cccc2c1[nH]c1ccccc12. The largest absolute Gasteiger partial charge is 0.354 e. The minimum Gasteiger partial charge on any atom is -0.354 e. The number of H-pyrrole nitrogens is 1. The second-order valence-electron chi connectivity index (χ2n) is 4.34. The first-order valence-corrected chi connectivity index (χ1v) is 5.99. The molecule has 0 saturated carbocycles. The summed E-state index contributed by atoms with van der Waals surface area (Å²) in [5.74, 6) is 0. The van der Waals surface area contributed by atoms with E-state index in [-0.39, 0.29) is 0 Å². The third-order valence-electron chi connectivity index (χ3n) is 3.25. The van der Waals surface area contributed by atoms with E-state index in [1.165, 1.54) is 27.4 Å². The lowest BCUT2D eigenvalue weighted by Crippen LogP contribution is -1.84. The zero-order valence-electron chi connectivity index (χ0n) is 9.74. The number of benzene rings is 2. The second kappa shape index (κ2) is 4.10. The zero-order valence-corrected chi connectivity index (χ0v) is 9.74. The van der Waals surface area contributed by atoms with E-state index in [0.29, 0.717) is 0 Å². The van der Waals surface area contributed by atoms with Gasteiger partial charge in [-0.2, -0.15) is 0 Å². The number of allylic oxidation sites excluding steroid dienone is 1. The van der Waals surface area contributed by atoms with Crippen LogP contribution in [-0.4, -0.2) is 4.98 Å². The van der Waals surface area contributed by atoms with Gasteiger partial charge < -0.3 is 4.98 Å². The molecule has 3 aromatic rings. The molecule has 1 nitrogen and oxygen atoms in total. The average molecular weight is 221 g/mol. The molecule has 0 atom stereocenters. The van der Waals surface area contributed by atoms with E-state index < -0.39 is 0 Å². The highest BCUT2D eigenvalue weighted by atomic mass is 14.7. The van der Waals surface area contributed by atoms with E-state index in [9.17, 15) is 0 Å². The van der Waals surface area contributed by atoms with Crippen LogP contribution in [0, 0.1) is 0 Å². The first-order valence-electron chi connectivity index (χ1n) is 5.99. The summed E-state index contributed by atoms with van der Waals surface area (Å²) >= 11 is 0. The lowest BCUT2D eigenvalue weighted by molar-refractivity contribution is 1.01. The molecule has 0 aliphatic carbocycles. The molecular formula is C16H15N. The van der Waals surface area contributed by atoms with E-state index in [1.54, 1.807) is 0 Å². The maximum absolute atomic E-state index is 3.79. The maximum Gasteiger partial charge on any atom is 0.0497 e. The highest BCUT2D eigenvalue weighted by molar-refractivity contribution is 6.08. The van der Waals surface area contributed by atoms with Crippen LogP contribution < -0.4 is 0 Å². The van der Waals surface area contributed by atoms with E-state index in [1.807, 2.05) is 6.08 Å². The van der Waals surface area contributed by atoms with Crippen molar-refractivity contribution < 1.29 is 0 Å². The quantitative estimate of drug-likeness (QED) is 0.629. The minimum atomic E-state index is 1.02. The fourth-order valence-corrected chi connectivity index (χ4v) is 2.40. The fourth-order valence-electron chi connectivity index (χ4n) is 2.40. The Kier molecular flexibility index (Phi) is 2.45. The van der Waals surface area contributed by atoms with Gasteiger partial charge in [-0.05, 0) is 24.5 Å². The first-order chi connectivity index (χ1) is 8.40. The molecule has 0 amide bonds. The smallest absolute Gasteiger partial charge is 0.0497 e. The van der Waals surface area contributed by atoms with Crippen molar-refractivity contribution in [2.24, 2.45) is 0 Å². The Morgan fingerprint density at radius 1 is 1.00 bits per heavy atom. The van der Waals surface area contributed by atoms with Crippen molar-refractivity contribution in [3.8, 4) is 0 Å². The predicted octanol–water partition coefficient (Wildman–Crippen LogP) is 4.44. The average Bonchev–Trinajstić information content (AvgIpc) is 2.75. The van der Waals surface area contributed by atoms with Gasteiger partial charge in [0.05, 0.1) is 0 Å². The Morgan fingerprint density at radius 3 is 2.71 bits per heavy atom. The molecule has 0 spiro atoms. The Bertz CT molecular complexity index is 676. The number of aryl methyl sites for hydroxylation is 1. The van der Waals surface area contributed by atoms with Crippen molar-refractivity contribution in [3.05, 3.63) is 60.7 Å². The Balaban J connectivity index is 2.27. The number of para-hydroxylation sites is 2. The van der Waals surface area contributed by atoms with Crippen molar-refractivity contribution in [1.82, 2.24) is 4.98 Å². The van der Waals surface area contributed by atoms with Gasteiger partial charge in [-0.1, -0.05) is 42.5 Å². The van der Waals surface area contributed by atoms with Crippen LogP contribution in [-0.2, 0) is 6.42 Å². The molecule has 1 heterocycles. The lowest BCUT2D eigenvalue weighted by Gasteiger charge is -2.00. The molecular weight excluding hydrogens is 206 g/mol. The number of aromatic nitrogens is 1. The number of hydrogen-bond donors (Lipinski definition) is 1. The van der Waals surface area contributed by atoms with Gasteiger partial charge in [0.15, 0.2) is 0 Å². The molecule has 0 radical (unpaired) electrons. The van der Waals surface area contributed by atoms with Crippen molar-refractivity contribution in [2.75, 3.05) is 0 Å². The molecule has 2 aromatic carbocycles. The van der Waals surface area contributed by atoms with Crippen LogP contribution in [0.15, 0.2) is 55.1 Å². The summed E-state index contributed by atoms with van der Waals surface area (Å²) in [6, 6.07) is 15.0. The van der Waals surface area contributed by atoms with Crippen LogP contribution in [0.1, 0.15) is 12.0 Å². The first kappa shape index (κ1) is 10.2. The van der Waals surface area contributed by atoms with Crippen LogP contribution >= 0.6 is 0 Å². The molecule has 3 rings (SSSR count). The van der Waals surface area contributed by atoms with Crippen molar-refractivity contribution >= 4 is 21.8 Å². The minimum absolute atomic E-state index is 1.02. The molecule has 1 aromatic heterocycles. The maximum atomic E-state index is 3.79. The van der Waals surface area contributed by atoms with Crippen molar-refractivity contribution in [2.45, 2.75) is 12.8 Å². The highest BCUT2D eigenvalue weighted by Gasteiger charge is 2.06. The standard InChI is InChI=1S/C16H15N/c1-2-3-7-12-8-6-10-14-13-9-4-5-11-15(13)17-16(12)14/h2,4-6,8-11,17H,1,3,7H2. The molecule has 0 saturated heterocycles. The van der Waals surface area contributed by atoms with Gasteiger partial charge in [0.25, 0.3) is 0 Å². The predicted molar refractivity (Wildman–Crippen MR) is 74.3 cm³/mol. The summed E-state index contributed by atoms with van der Waals surface area (Å²) < 4.78 is 0. The Hall–Kier alpha value is -2.02. The van der Waals surface area contributed by atoms with Gasteiger partial charge in [0, 0.05) is 21.8 Å². The van der Waals surface area contributed by atoms with Crippen molar-refractivity contribution in [3.63, 3.8) is 0 Å². The molecule has 1 heteroatoms. The van der Waals surface area contributed by atoms with Gasteiger partial charge in [-0.25, -0.2) is 0 Å². The number of fused-ring (bicyclic) bond motifs is 3. The van der Waals surface area contributed by atoms with Gasteiger partial charge in [0.1, 0.15) is 0 Å². The number of nitrogens with one attached hydrogen (secondary N) is 1. The molecule has 0 bridgehead atoms. The van der Waals surface area contributed by atoms with Gasteiger partial charge in [0.2, 0.25) is 0 Å². The topological polar surface area (TPSA) is 15.8 Å². The van der Waals surface area contributed by atoms with Crippen molar-refractivity contribution in [1.29, 1.82) is 0 Å². The summed E-state index contributed by atoms with van der Waals surface area (Å²) in [6.45, 7) is 3.79. The molecule has 0 fully saturated rings. The monoisotopic (exact) mass is 221 g/mol. The zero-order chi connectivity index (χ0) is 11.7. The molecule has 0 aliphatic heterocycles. The molecule has 1 N–H and O–H groups in total. The number of aromatic amines is 1. The van der Waals surface area contributed by atoms with Crippen LogP contribution in [0.5, 0.6) is 0 Å². The van der Waals surface area contributed by atoms with E-state index in [2.05, 4.69) is 54.0 Å². The molecule has 84 valence electrons.